The molecule has 0 amide bonds. The predicted octanol–water partition coefficient (Wildman–Crippen LogP) is 6.07. The fourth-order valence-corrected chi connectivity index (χ4v) is 5.79. The van der Waals surface area contributed by atoms with Gasteiger partial charge in [-0.05, 0) is 80.5 Å². The lowest BCUT2D eigenvalue weighted by Crippen LogP contribution is -2.46. The molecule has 1 saturated heterocycles. The van der Waals surface area contributed by atoms with Gasteiger partial charge in [0.1, 0.15) is 6.29 Å². The molecule has 1 aliphatic heterocycles. The molecule has 0 radical (unpaired) electrons. The van der Waals surface area contributed by atoms with E-state index in [2.05, 4.69) is 54.8 Å². The van der Waals surface area contributed by atoms with Crippen LogP contribution in [-0.2, 0) is 11.2 Å². The Kier molecular flexibility index (Phi) is 11.4. The Morgan fingerprint density at radius 2 is 1.68 bits per heavy atom. The zero-order valence-electron chi connectivity index (χ0n) is 22.3. The molecule has 2 atom stereocenters. The quantitative estimate of drug-likeness (QED) is 0.356. The summed E-state index contributed by atoms with van der Waals surface area (Å²) in [5.74, 6) is 1.94. The normalized spacial score (nSPS) is 20.4. The third-order valence-corrected chi connectivity index (χ3v) is 8.49. The summed E-state index contributed by atoms with van der Waals surface area (Å²) >= 11 is 0. The molecule has 0 spiro atoms. The Bertz CT molecular complexity index is 690. The largest absolute Gasteiger partial charge is 0.368 e. The summed E-state index contributed by atoms with van der Waals surface area (Å²) in [6, 6.07) is 9.88. The molecule has 1 saturated carbocycles. The number of piperidine rings is 1. The number of hydrogen-bond donors (Lipinski definition) is 1. The first kappa shape index (κ1) is 27.2. The highest BCUT2D eigenvalue weighted by Crippen LogP contribution is 2.29. The molecule has 1 aromatic rings. The van der Waals surface area contributed by atoms with Crippen LogP contribution in [-0.4, -0.2) is 49.4 Å². The van der Waals surface area contributed by atoms with Crippen molar-refractivity contribution in [1.29, 1.82) is 0 Å². The smallest absolute Gasteiger partial charge is 0.136 e. The molecule has 2 fully saturated rings. The lowest BCUT2D eigenvalue weighted by atomic mass is 9.85. The van der Waals surface area contributed by atoms with Crippen LogP contribution in [0.5, 0.6) is 0 Å². The molecule has 0 bridgehead atoms. The maximum Gasteiger partial charge on any atom is 0.136 e. The lowest BCUT2D eigenvalue weighted by Gasteiger charge is -2.40. The van der Waals surface area contributed by atoms with Crippen LogP contribution in [0.25, 0.3) is 0 Å². The third-order valence-electron chi connectivity index (χ3n) is 8.49. The lowest BCUT2D eigenvalue weighted by molar-refractivity contribution is -0.109. The summed E-state index contributed by atoms with van der Waals surface area (Å²) in [6.07, 6.45) is 15.4. The molecular formula is C30H51N3O. The van der Waals surface area contributed by atoms with Crippen LogP contribution in [0.15, 0.2) is 24.3 Å². The van der Waals surface area contributed by atoms with E-state index in [4.69, 9.17) is 5.73 Å². The Morgan fingerprint density at radius 3 is 2.29 bits per heavy atom. The number of anilines is 1. The second-order valence-electron chi connectivity index (χ2n) is 11.6. The van der Waals surface area contributed by atoms with E-state index in [1.165, 1.54) is 75.5 Å². The van der Waals surface area contributed by atoms with E-state index in [0.717, 1.165) is 50.7 Å². The molecule has 1 aromatic carbocycles. The van der Waals surface area contributed by atoms with Crippen molar-refractivity contribution in [2.24, 2.45) is 23.5 Å². The van der Waals surface area contributed by atoms with Crippen LogP contribution in [0.3, 0.4) is 0 Å². The second-order valence-corrected chi connectivity index (χ2v) is 11.6. The van der Waals surface area contributed by atoms with Crippen LogP contribution < -0.4 is 10.6 Å². The van der Waals surface area contributed by atoms with Crippen molar-refractivity contribution < 1.29 is 4.79 Å². The molecule has 0 aromatic heterocycles. The van der Waals surface area contributed by atoms with Crippen molar-refractivity contribution in [3.63, 3.8) is 0 Å². The number of carbonyl (C=O) groups excluding carboxylic acids is 1. The van der Waals surface area contributed by atoms with Crippen molar-refractivity contribution in [3.8, 4) is 0 Å². The third kappa shape index (κ3) is 8.68. The summed E-state index contributed by atoms with van der Waals surface area (Å²) in [6.45, 7) is 11.3. The molecule has 3 rings (SSSR count). The van der Waals surface area contributed by atoms with Gasteiger partial charge in [0.2, 0.25) is 0 Å². The summed E-state index contributed by atoms with van der Waals surface area (Å²) in [5, 5.41) is 0. The van der Waals surface area contributed by atoms with Gasteiger partial charge in [0, 0.05) is 31.4 Å². The number of carbonyl (C=O) groups is 1. The molecule has 2 N–H and O–H groups in total. The molecule has 2 aliphatic rings. The Morgan fingerprint density at radius 1 is 1.00 bits per heavy atom. The van der Waals surface area contributed by atoms with Crippen LogP contribution in [0.4, 0.5) is 5.69 Å². The van der Waals surface area contributed by atoms with Gasteiger partial charge in [-0.1, -0.05) is 65.0 Å². The average molecular weight is 470 g/mol. The SMILES string of the molecule is CC(C)CCN(c1ccc(CCC2CCCCC2)cc1)C1CCN(CCC(C)C(N)C=O)CC1. The van der Waals surface area contributed by atoms with Gasteiger partial charge in [0.05, 0.1) is 6.04 Å². The predicted molar refractivity (Wildman–Crippen MR) is 145 cm³/mol. The van der Waals surface area contributed by atoms with E-state index in [1.54, 1.807) is 0 Å². The van der Waals surface area contributed by atoms with E-state index in [0.29, 0.717) is 6.04 Å². The monoisotopic (exact) mass is 469 g/mol. The van der Waals surface area contributed by atoms with Gasteiger partial charge in [0.15, 0.2) is 0 Å². The van der Waals surface area contributed by atoms with Crippen molar-refractivity contribution in [2.45, 2.75) is 103 Å². The van der Waals surface area contributed by atoms with E-state index < -0.39 is 0 Å². The first-order chi connectivity index (χ1) is 16.5. The highest BCUT2D eigenvalue weighted by Gasteiger charge is 2.25. The number of nitrogens with two attached hydrogens (primary N) is 1. The topological polar surface area (TPSA) is 49.6 Å². The minimum Gasteiger partial charge on any atom is -0.368 e. The van der Waals surface area contributed by atoms with Crippen LogP contribution in [0.1, 0.15) is 90.5 Å². The summed E-state index contributed by atoms with van der Waals surface area (Å²) in [5.41, 5.74) is 8.81. The summed E-state index contributed by atoms with van der Waals surface area (Å²) < 4.78 is 0. The zero-order valence-corrected chi connectivity index (χ0v) is 22.3. The van der Waals surface area contributed by atoms with Crippen LogP contribution in [0.2, 0.25) is 0 Å². The van der Waals surface area contributed by atoms with Gasteiger partial charge >= 0.3 is 0 Å². The highest BCUT2D eigenvalue weighted by molar-refractivity contribution is 5.57. The van der Waals surface area contributed by atoms with Crippen LogP contribution in [0, 0.1) is 17.8 Å². The maximum absolute atomic E-state index is 10.9. The van der Waals surface area contributed by atoms with Gasteiger partial charge in [0.25, 0.3) is 0 Å². The molecule has 1 heterocycles. The molecule has 192 valence electrons. The average Bonchev–Trinajstić information content (AvgIpc) is 2.87. The van der Waals surface area contributed by atoms with Crippen molar-refractivity contribution in [2.75, 3.05) is 31.1 Å². The summed E-state index contributed by atoms with van der Waals surface area (Å²) in [4.78, 5) is 16.2. The van der Waals surface area contributed by atoms with Gasteiger partial charge in [-0.2, -0.15) is 0 Å². The molecule has 2 unspecified atom stereocenters. The number of aldehydes is 1. The summed E-state index contributed by atoms with van der Waals surface area (Å²) in [7, 11) is 0. The Labute approximate surface area is 209 Å². The number of nitrogens with zero attached hydrogens (tertiary/aromatic N) is 2. The van der Waals surface area contributed by atoms with E-state index in [9.17, 15) is 4.79 Å². The number of aryl methyl sites for hydroxylation is 1. The fourth-order valence-electron chi connectivity index (χ4n) is 5.79. The zero-order chi connectivity index (χ0) is 24.3. The number of hydrogen-bond acceptors (Lipinski definition) is 4. The molecular weight excluding hydrogens is 418 g/mol. The number of rotatable bonds is 13. The van der Waals surface area contributed by atoms with Gasteiger partial charge < -0.3 is 20.3 Å². The maximum atomic E-state index is 10.9. The van der Waals surface area contributed by atoms with E-state index in [-0.39, 0.29) is 12.0 Å². The van der Waals surface area contributed by atoms with Crippen LogP contribution >= 0.6 is 0 Å². The van der Waals surface area contributed by atoms with Crippen molar-refractivity contribution in [3.05, 3.63) is 29.8 Å². The minimum absolute atomic E-state index is 0.259. The minimum atomic E-state index is -0.324. The van der Waals surface area contributed by atoms with Crippen molar-refractivity contribution >= 4 is 12.0 Å². The molecule has 34 heavy (non-hydrogen) atoms. The van der Waals surface area contributed by atoms with Gasteiger partial charge in [-0.25, -0.2) is 0 Å². The molecule has 4 heteroatoms. The highest BCUT2D eigenvalue weighted by atomic mass is 16.1. The first-order valence-corrected chi connectivity index (χ1v) is 14.2. The van der Waals surface area contributed by atoms with Crippen molar-refractivity contribution in [1.82, 2.24) is 4.90 Å². The molecule has 4 nitrogen and oxygen atoms in total. The first-order valence-electron chi connectivity index (χ1n) is 14.2. The van der Waals surface area contributed by atoms with E-state index >= 15 is 0 Å². The number of likely N-dealkylation sites (tertiary alicyclic amines) is 1. The van der Waals surface area contributed by atoms with Gasteiger partial charge in [-0.15, -0.1) is 0 Å². The second kappa shape index (κ2) is 14.2. The Hall–Kier alpha value is -1.39. The number of benzene rings is 1. The van der Waals surface area contributed by atoms with E-state index in [1.807, 2.05) is 0 Å². The molecule has 1 aliphatic carbocycles. The van der Waals surface area contributed by atoms with Gasteiger partial charge in [-0.3, -0.25) is 0 Å². The Balaban J connectivity index is 1.52. The standard InChI is InChI=1S/C30H51N3O/c1-24(2)15-22-33(29-17-20-32(21-18-29)19-16-25(3)30(31)23-34)28-13-11-27(12-14-28)10-9-26-7-5-4-6-8-26/h11-14,23-26,29-30H,4-10,15-22,31H2,1-3H3. The fraction of sp³-hybridized carbons (Fsp3) is 0.767.